The normalized spacial score (nSPS) is 21.4. The fraction of sp³-hybridized carbons (Fsp3) is 0.306. The number of ether oxygens (including phenoxy) is 5. The van der Waals surface area contributed by atoms with Gasteiger partial charge in [0.15, 0.2) is 0 Å². The molecule has 0 saturated carbocycles. The second-order valence-electron chi connectivity index (χ2n) is 11.2. The number of ketones is 2. The van der Waals surface area contributed by atoms with Crippen molar-refractivity contribution in [2.24, 2.45) is 0 Å². The van der Waals surface area contributed by atoms with Crippen LogP contribution in [0, 0.1) is 0 Å². The Morgan fingerprint density at radius 1 is 0.723 bits per heavy atom. The molecule has 0 aliphatic heterocycles. The van der Waals surface area contributed by atoms with Gasteiger partial charge in [0, 0.05) is 53.2 Å². The fourth-order valence-corrected chi connectivity index (χ4v) is 5.97. The molecule has 0 N–H and O–H groups in total. The molecule has 0 radical (unpaired) electrons. The number of hydrogen-bond acceptors (Lipinski definition) is 10. The largest absolute Gasteiger partial charge is 0.448 e. The lowest BCUT2D eigenvalue weighted by Gasteiger charge is -2.31. The second-order valence-corrected chi connectivity index (χ2v) is 11.2. The molecular weight excluding hydrogens is 606 g/mol. The third kappa shape index (κ3) is 6.86. The molecule has 5 rings (SSSR count). The van der Waals surface area contributed by atoms with Crippen molar-refractivity contribution in [1.82, 2.24) is 4.90 Å². The lowest BCUT2D eigenvalue weighted by Crippen LogP contribution is -2.45. The van der Waals surface area contributed by atoms with Gasteiger partial charge in [-0.3, -0.25) is 19.2 Å². The Kier molecular flexibility index (Phi) is 9.69. The summed E-state index contributed by atoms with van der Waals surface area (Å²) in [4.78, 5) is 64.1. The minimum Gasteiger partial charge on any atom is -0.448 e. The van der Waals surface area contributed by atoms with Gasteiger partial charge in [0.25, 0.3) is 11.6 Å². The molecule has 11 nitrogen and oxygen atoms in total. The van der Waals surface area contributed by atoms with E-state index in [1.807, 2.05) is 48.5 Å². The van der Waals surface area contributed by atoms with E-state index in [-0.39, 0.29) is 32.0 Å². The summed E-state index contributed by atoms with van der Waals surface area (Å²) >= 11 is 0. The van der Waals surface area contributed by atoms with Gasteiger partial charge in [-0.15, -0.1) is 0 Å². The molecule has 11 heteroatoms. The van der Waals surface area contributed by atoms with Crippen LogP contribution in [-0.4, -0.2) is 80.0 Å². The van der Waals surface area contributed by atoms with Gasteiger partial charge in [-0.1, -0.05) is 60.7 Å². The zero-order valence-corrected chi connectivity index (χ0v) is 26.5. The standard InChI is InChI=1S/C36H35NO10/c1-23(38)46-35(43-3)19-25(13-15-32(35)40)17-18-37(21-26-14-16-33(41)36(20-26,44-4)47-24(2)39)34(42)45-22-31-29-11-7-5-9-27(29)28-10-6-8-12-30(28)31/h5-16,19-20,31H,17-18,21-22H2,1-4H3. The monoisotopic (exact) mass is 641 g/mol. The molecule has 244 valence electrons. The summed E-state index contributed by atoms with van der Waals surface area (Å²) in [5, 5.41) is 0. The number of benzene rings is 2. The van der Waals surface area contributed by atoms with Crippen LogP contribution in [0.5, 0.6) is 0 Å². The smallest absolute Gasteiger partial charge is 0.410 e. The first-order valence-corrected chi connectivity index (χ1v) is 15.0. The molecule has 0 bridgehead atoms. The predicted molar refractivity (Wildman–Crippen MR) is 169 cm³/mol. The third-order valence-electron chi connectivity index (χ3n) is 8.17. The van der Waals surface area contributed by atoms with Crippen molar-refractivity contribution in [3.8, 4) is 11.1 Å². The van der Waals surface area contributed by atoms with Crippen LogP contribution >= 0.6 is 0 Å². The highest BCUT2D eigenvalue weighted by Crippen LogP contribution is 2.44. The molecule has 0 fully saturated rings. The van der Waals surface area contributed by atoms with E-state index in [0.717, 1.165) is 29.2 Å². The van der Waals surface area contributed by atoms with E-state index < -0.39 is 41.2 Å². The van der Waals surface area contributed by atoms with Gasteiger partial charge in [-0.05, 0) is 58.0 Å². The zero-order valence-electron chi connectivity index (χ0n) is 26.5. The van der Waals surface area contributed by atoms with Gasteiger partial charge < -0.3 is 28.6 Å². The molecule has 0 heterocycles. The Morgan fingerprint density at radius 3 is 1.72 bits per heavy atom. The maximum absolute atomic E-state index is 13.8. The number of carbonyl (C=O) groups is 5. The van der Waals surface area contributed by atoms with Crippen LogP contribution in [0.15, 0.2) is 96.1 Å². The molecule has 2 unspecified atom stereocenters. The Morgan fingerprint density at radius 2 is 1.21 bits per heavy atom. The van der Waals surface area contributed by atoms with Crippen LogP contribution in [0.25, 0.3) is 11.1 Å². The van der Waals surface area contributed by atoms with Gasteiger partial charge in [0.05, 0.1) is 0 Å². The minimum atomic E-state index is -1.97. The Hall–Kier alpha value is -5.13. The SMILES string of the molecule is COC1(OC(C)=O)C=C(CCN(CC2=CC(OC)(OC(C)=O)C(=O)C=C2)C(=O)OCC2c3ccccc3-c3ccccc32)C=CC1=O. The maximum Gasteiger partial charge on any atom is 0.410 e. The molecule has 2 aromatic carbocycles. The quantitative estimate of drug-likeness (QED) is 0.195. The lowest BCUT2D eigenvalue weighted by molar-refractivity contribution is -0.199. The van der Waals surface area contributed by atoms with E-state index in [0.29, 0.717) is 11.1 Å². The second kappa shape index (κ2) is 13.7. The number of carbonyl (C=O) groups excluding carboxylic acids is 5. The highest BCUT2D eigenvalue weighted by Gasteiger charge is 2.42. The third-order valence-corrected chi connectivity index (χ3v) is 8.17. The van der Waals surface area contributed by atoms with Crippen LogP contribution in [-0.2, 0) is 42.9 Å². The van der Waals surface area contributed by atoms with Crippen LogP contribution in [0.1, 0.15) is 37.3 Å². The van der Waals surface area contributed by atoms with Crippen LogP contribution in [0.4, 0.5) is 4.79 Å². The van der Waals surface area contributed by atoms with Gasteiger partial charge in [0.1, 0.15) is 6.61 Å². The summed E-state index contributed by atoms with van der Waals surface area (Å²) in [5.41, 5.74) is 5.31. The average Bonchev–Trinajstić information content (AvgIpc) is 3.37. The first-order valence-electron chi connectivity index (χ1n) is 15.0. The summed E-state index contributed by atoms with van der Waals surface area (Å²) in [6.07, 6.45) is 7.90. The number of rotatable bonds is 11. The molecule has 1 amide bonds. The zero-order chi connectivity index (χ0) is 33.8. The van der Waals surface area contributed by atoms with E-state index in [1.54, 1.807) is 6.08 Å². The Bertz CT molecular complexity index is 1690. The first-order chi connectivity index (χ1) is 22.5. The number of nitrogens with zero attached hydrogens (tertiary/aromatic N) is 1. The van der Waals surface area contributed by atoms with Crippen LogP contribution in [0.3, 0.4) is 0 Å². The number of hydrogen-bond donors (Lipinski definition) is 0. The molecule has 3 aliphatic carbocycles. The number of allylic oxidation sites excluding steroid dienone is 1. The number of esters is 2. The minimum absolute atomic E-state index is 0.0396. The van der Waals surface area contributed by atoms with Crippen LogP contribution < -0.4 is 0 Å². The molecule has 0 saturated heterocycles. The summed E-state index contributed by atoms with van der Waals surface area (Å²) < 4.78 is 27.1. The molecule has 2 aromatic rings. The van der Waals surface area contributed by atoms with E-state index >= 15 is 0 Å². The number of fused-ring (bicyclic) bond motifs is 3. The lowest BCUT2D eigenvalue weighted by atomic mass is 9.97. The van der Waals surface area contributed by atoms with Crippen molar-refractivity contribution in [3.63, 3.8) is 0 Å². The van der Waals surface area contributed by atoms with Crippen molar-refractivity contribution in [1.29, 1.82) is 0 Å². The predicted octanol–water partition coefficient (Wildman–Crippen LogP) is 4.57. The molecule has 47 heavy (non-hydrogen) atoms. The summed E-state index contributed by atoms with van der Waals surface area (Å²) in [7, 11) is 2.50. The summed E-state index contributed by atoms with van der Waals surface area (Å²) in [5.74, 6) is -6.63. The highest BCUT2D eigenvalue weighted by atomic mass is 16.7. The van der Waals surface area contributed by atoms with Crippen molar-refractivity contribution >= 4 is 29.6 Å². The van der Waals surface area contributed by atoms with Crippen molar-refractivity contribution in [2.45, 2.75) is 37.8 Å². The Labute approximate surface area is 272 Å². The molecule has 3 aliphatic rings. The van der Waals surface area contributed by atoms with E-state index in [1.165, 1.54) is 56.4 Å². The fourth-order valence-electron chi connectivity index (χ4n) is 5.97. The van der Waals surface area contributed by atoms with E-state index in [2.05, 4.69) is 0 Å². The maximum atomic E-state index is 13.8. The molecule has 0 aromatic heterocycles. The number of methoxy groups -OCH3 is 2. The summed E-state index contributed by atoms with van der Waals surface area (Å²) in [6.45, 7) is 2.46. The van der Waals surface area contributed by atoms with Gasteiger partial charge in [-0.25, -0.2) is 4.79 Å². The highest BCUT2D eigenvalue weighted by molar-refractivity contribution is 6.01. The van der Waals surface area contributed by atoms with Crippen molar-refractivity contribution in [3.05, 3.63) is 107 Å². The van der Waals surface area contributed by atoms with E-state index in [9.17, 15) is 24.0 Å². The molecule has 0 spiro atoms. The summed E-state index contributed by atoms with van der Waals surface area (Å²) in [6, 6.07) is 16.0. The number of amides is 1. The van der Waals surface area contributed by atoms with Gasteiger partial charge in [0.2, 0.25) is 11.6 Å². The topological polar surface area (TPSA) is 135 Å². The van der Waals surface area contributed by atoms with Crippen molar-refractivity contribution in [2.75, 3.05) is 33.9 Å². The van der Waals surface area contributed by atoms with Crippen molar-refractivity contribution < 1.29 is 47.7 Å². The van der Waals surface area contributed by atoms with Gasteiger partial charge >= 0.3 is 18.0 Å². The molecule has 2 atom stereocenters. The Balaban J connectivity index is 1.40. The first kappa shape index (κ1) is 33.2. The average molecular weight is 642 g/mol. The van der Waals surface area contributed by atoms with Crippen LogP contribution in [0.2, 0.25) is 0 Å². The molecular formula is C36H35NO10. The van der Waals surface area contributed by atoms with E-state index in [4.69, 9.17) is 23.7 Å². The van der Waals surface area contributed by atoms with Gasteiger partial charge in [-0.2, -0.15) is 0 Å².